The number of hydrogen-bond acceptors (Lipinski definition) is 6. The van der Waals surface area contributed by atoms with Crippen molar-refractivity contribution < 1.29 is 14.7 Å². The van der Waals surface area contributed by atoms with E-state index in [1.807, 2.05) is 6.07 Å². The molecular formula is C25H33N5O3. The van der Waals surface area contributed by atoms with Gasteiger partial charge in [-0.1, -0.05) is 24.3 Å². The van der Waals surface area contributed by atoms with Crippen LogP contribution in [0, 0.1) is 11.8 Å². The van der Waals surface area contributed by atoms with Gasteiger partial charge in [-0.3, -0.25) is 14.5 Å². The minimum Gasteiger partial charge on any atom is -0.390 e. The molecule has 0 spiro atoms. The van der Waals surface area contributed by atoms with E-state index in [4.69, 9.17) is 0 Å². The van der Waals surface area contributed by atoms with Gasteiger partial charge >= 0.3 is 0 Å². The van der Waals surface area contributed by atoms with Gasteiger partial charge in [0.25, 0.3) is 5.91 Å². The monoisotopic (exact) mass is 451 g/mol. The van der Waals surface area contributed by atoms with Crippen LogP contribution in [0.3, 0.4) is 0 Å². The Labute approximate surface area is 195 Å². The van der Waals surface area contributed by atoms with E-state index in [0.717, 1.165) is 44.5 Å². The minimum absolute atomic E-state index is 0.101. The van der Waals surface area contributed by atoms with Gasteiger partial charge in [-0.2, -0.15) is 0 Å². The Morgan fingerprint density at radius 2 is 1.97 bits per heavy atom. The van der Waals surface area contributed by atoms with Crippen LogP contribution in [0.25, 0.3) is 0 Å². The maximum Gasteiger partial charge on any atom is 0.270 e. The summed E-state index contributed by atoms with van der Waals surface area (Å²) in [6, 6.07) is 10.1. The van der Waals surface area contributed by atoms with E-state index in [9.17, 15) is 14.7 Å². The van der Waals surface area contributed by atoms with Crippen molar-refractivity contribution in [1.82, 2.24) is 25.1 Å². The van der Waals surface area contributed by atoms with Gasteiger partial charge in [0.05, 0.1) is 6.10 Å². The van der Waals surface area contributed by atoms with E-state index < -0.39 is 6.10 Å². The van der Waals surface area contributed by atoms with E-state index in [0.29, 0.717) is 18.2 Å². The molecule has 2 N–H and O–H groups in total. The van der Waals surface area contributed by atoms with Crippen molar-refractivity contribution in [2.45, 2.75) is 38.3 Å². The Bertz CT molecular complexity index is 990. The molecule has 1 atom stereocenters. The van der Waals surface area contributed by atoms with Crippen LogP contribution in [0.5, 0.6) is 0 Å². The molecule has 2 heterocycles. The summed E-state index contributed by atoms with van der Waals surface area (Å²) in [6.07, 6.45) is 4.18. The third-order valence-corrected chi connectivity index (χ3v) is 6.66. The number of rotatable bonds is 8. The number of carbonyl (C=O) groups is 2. The summed E-state index contributed by atoms with van der Waals surface area (Å²) < 4.78 is 0. The van der Waals surface area contributed by atoms with Gasteiger partial charge in [0.1, 0.15) is 12.0 Å². The van der Waals surface area contributed by atoms with Crippen molar-refractivity contribution in [1.29, 1.82) is 0 Å². The second-order valence-corrected chi connectivity index (χ2v) is 9.48. The lowest BCUT2D eigenvalue weighted by atomic mass is 9.72. The molecule has 0 saturated heterocycles. The lowest BCUT2D eigenvalue weighted by Crippen LogP contribution is -2.42. The lowest BCUT2D eigenvalue weighted by molar-refractivity contribution is -0.137. The first-order valence-electron chi connectivity index (χ1n) is 11.7. The zero-order valence-corrected chi connectivity index (χ0v) is 19.4. The summed E-state index contributed by atoms with van der Waals surface area (Å²) >= 11 is 0. The molecule has 1 aliphatic carbocycles. The van der Waals surface area contributed by atoms with Crippen molar-refractivity contribution in [2.75, 3.05) is 33.7 Å². The number of aromatic nitrogens is 2. The number of aliphatic hydroxyl groups excluding tert-OH is 1. The van der Waals surface area contributed by atoms with Gasteiger partial charge in [-0.25, -0.2) is 9.97 Å². The second kappa shape index (κ2) is 10.4. The summed E-state index contributed by atoms with van der Waals surface area (Å²) in [5, 5.41) is 13.2. The highest BCUT2D eigenvalue weighted by Crippen LogP contribution is 2.36. The summed E-state index contributed by atoms with van der Waals surface area (Å²) in [4.78, 5) is 36.8. The minimum atomic E-state index is -0.651. The third-order valence-electron chi connectivity index (χ3n) is 6.66. The molecule has 1 fully saturated rings. The topological polar surface area (TPSA) is 98.7 Å². The molecule has 8 heteroatoms. The highest BCUT2D eigenvalue weighted by molar-refractivity contribution is 5.92. The van der Waals surface area contributed by atoms with Crippen molar-refractivity contribution in [3.63, 3.8) is 0 Å². The van der Waals surface area contributed by atoms with Gasteiger partial charge in [-0.15, -0.1) is 0 Å². The molecule has 2 amide bonds. The second-order valence-electron chi connectivity index (χ2n) is 9.48. The predicted molar refractivity (Wildman–Crippen MR) is 124 cm³/mol. The van der Waals surface area contributed by atoms with E-state index >= 15 is 0 Å². The number of carbonyl (C=O) groups excluding carboxylic acids is 2. The molecule has 0 unspecified atom stereocenters. The predicted octanol–water partition coefficient (Wildman–Crippen LogP) is 1.28. The number of aliphatic hydroxyl groups is 1. The Balaban J connectivity index is 1.22. The fourth-order valence-electron chi connectivity index (χ4n) is 4.77. The summed E-state index contributed by atoms with van der Waals surface area (Å²) in [5.41, 5.74) is 3.79. The van der Waals surface area contributed by atoms with E-state index in [1.54, 1.807) is 25.1 Å². The van der Waals surface area contributed by atoms with E-state index in [-0.39, 0.29) is 24.3 Å². The van der Waals surface area contributed by atoms with Crippen molar-refractivity contribution in [3.05, 3.63) is 59.2 Å². The molecule has 0 bridgehead atoms. The van der Waals surface area contributed by atoms with Crippen LogP contribution >= 0.6 is 0 Å². The van der Waals surface area contributed by atoms with Crippen LogP contribution in [0.1, 0.15) is 40.2 Å². The van der Waals surface area contributed by atoms with Crippen LogP contribution in [-0.2, 0) is 24.2 Å². The van der Waals surface area contributed by atoms with E-state index in [2.05, 4.69) is 38.4 Å². The zero-order valence-electron chi connectivity index (χ0n) is 19.4. The lowest BCUT2D eigenvalue weighted by Gasteiger charge is -2.35. The Kier molecular flexibility index (Phi) is 7.35. The maximum absolute atomic E-state index is 12.6. The van der Waals surface area contributed by atoms with Gasteiger partial charge < -0.3 is 15.3 Å². The number of fused-ring (bicyclic) bond motifs is 1. The van der Waals surface area contributed by atoms with Crippen molar-refractivity contribution in [3.8, 4) is 0 Å². The number of amides is 2. The van der Waals surface area contributed by atoms with Gasteiger partial charge in [-0.05, 0) is 48.8 Å². The Morgan fingerprint density at radius 3 is 2.73 bits per heavy atom. The molecule has 1 aromatic carbocycles. The summed E-state index contributed by atoms with van der Waals surface area (Å²) in [7, 11) is 3.57. The molecule has 8 nitrogen and oxygen atoms in total. The molecule has 2 aromatic rings. The molecule has 1 saturated carbocycles. The molecule has 176 valence electrons. The quantitative estimate of drug-likeness (QED) is 0.628. The summed E-state index contributed by atoms with van der Waals surface area (Å²) in [6.45, 7) is 2.41. The van der Waals surface area contributed by atoms with Gasteiger partial charge in [0, 0.05) is 51.9 Å². The van der Waals surface area contributed by atoms with Crippen molar-refractivity contribution in [2.24, 2.45) is 11.8 Å². The highest BCUT2D eigenvalue weighted by atomic mass is 16.3. The number of benzene rings is 1. The first kappa shape index (κ1) is 23.3. The fraction of sp³-hybridized carbons (Fsp3) is 0.520. The van der Waals surface area contributed by atoms with E-state index in [1.165, 1.54) is 17.5 Å². The van der Waals surface area contributed by atoms with Crippen LogP contribution in [0.15, 0.2) is 36.7 Å². The average Bonchev–Trinajstić information content (AvgIpc) is 2.79. The molecule has 2 aliphatic rings. The SMILES string of the molecule is CN(C)C(=O)C1CC(Cc2cc(C(=O)NC[C@H](O)CN3CCc4ccccc4C3)ncn2)C1. The van der Waals surface area contributed by atoms with Crippen LogP contribution in [0.2, 0.25) is 0 Å². The fourth-order valence-corrected chi connectivity index (χ4v) is 4.77. The molecule has 1 aliphatic heterocycles. The number of nitrogens with zero attached hydrogens (tertiary/aromatic N) is 4. The number of hydrogen-bond donors (Lipinski definition) is 2. The van der Waals surface area contributed by atoms with Crippen LogP contribution in [-0.4, -0.2) is 76.5 Å². The molecular weight excluding hydrogens is 418 g/mol. The van der Waals surface area contributed by atoms with Gasteiger partial charge in [0.2, 0.25) is 5.91 Å². The number of β-amino-alcohol motifs (C(OH)–C–C–N with tert-alkyl or cyclic N) is 1. The van der Waals surface area contributed by atoms with Gasteiger partial charge in [0.15, 0.2) is 0 Å². The smallest absolute Gasteiger partial charge is 0.270 e. The average molecular weight is 452 g/mol. The third kappa shape index (κ3) is 5.94. The zero-order chi connectivity index (χ0) is 23.4. The standard InChI is InChI=1S/C25H33N5O3/c1-29(2)25(33)20-9-17(10-20)11-21-12-23(28-16-27-21)24(32)26-13-22(31)15-30-8-7-18-5-3-4-6-19(18)14-30/h3-6,12,16-17,20,22,31H,7-11,13-15H2,1-2H3,(H,26,32)/t17?,20?,22-/m0/s1. The molecule has 0 radical (unpaired) electrons. The first-order chi connectivity index (χ1) is 15.9. The van der Waals surface area contributed by atoms with Crippen LogP contribution < -0.4 is 5.32 Å². The normalized spacial score (nSPS) is 20.9. The van der Waals surface area contributed by atoms with Crippen LogP contribution in [0.4, 0.5) is 0 Å². The molecule has 33 heavy (non-hydrogen) atoms. The molecule has 1 aromatic heterocycles. The Hall–Kier alpha value is -2.84. The first-order valence-corrected chi connectivity index (χ1v) is 11.7. The maximum atomic E-state index is 12.6. The Morgan fingerprint density at radius 1 is 1.21 bits per heavy atom. The number of nitrogens with one attached hydrogen (secondary N) is 1. The largest absolute Gasteiger partial charge is 0.390 e. The summed E-state index contributed by atoms with van der Waals surface area (Å²) in [5.74, 6) is 0.378. The van der Waals surface area contributed by atoms with Crippen molar-refractivity contribution >= 4 is 11.8 Å². The molecule has 4 rings (SSSR count). The highest BCUT2D eigenvalue weighted by Gasteiger charge is 2.35.